The van der Waals surface area contributed by atoms with Gasteiger partial charge in [0.05, 0.1) is 121 Å². The topological polar surface area (TPSA) is 577 Å². The normalized spacial score (nSPS) is 12.5. The number of nitrogens with two attached hydrogens (primary N) is 5. The molecule has 2 aromatic carbocycles. The number of fused-ring (bicyclic) bond motifs is 5. The largest absolute Gasteiger partial charge is 0.382 e. The fourth-order valence-electron chi connectivity index (χ4n) is 15.2. The Bertz CT molecular complexity index is 6870. The molecule has 2 saturated carbocycles. The van der Waals surface area contributed by atoms with Gasteiger partial charge in [-0.05, 0) is 135 Å². The van der Waals surface area contributed by atoms with Crippen molar-refractivity contribution in [3.05, 3.63) is 272 Å². The summed E-state index contributed by atoms with van der Waals surface area (Å²) in [5.74, 6) is 5.73. The molecule has 0 unspecified atom stereocenters. The number of aromatic nitrogens is 30. The van der Waals surface area contributed by atoms with Crippen molar-refractivity contribution in [2.45, 2.75) is 203 Å². The molecule has 2 fully saturated rings. The zero-order valence-corrected chi connectivity index (χ0v) is 73.5. The minimum atomic E-state index is -0.296. The molecule has 15 N–H and O–H groups in total. The highest BCUT2D eigenvalue weighted by Gasteiger charge is 2.24. The summed E-state index contributed by atoms with van der Waals surface area (Å²) in [7, 11) is 0. The first-order valence-electron chi connectivity index (χ1n) is 43.7. The molecule has 2 aliphatic carbocycles. The van der Waals surface area contributed by atoms with Crippen molar-refractivity contribution in [2.24, 2.45) is 11.8 Å². The molecule has 0 atom stereocenters. The predicted octanol–water partition coefficient (Wildman–Crippen LogP) is 8.79. The van der Waals surface area contributed by atoms with Crippen molar-refractivity contribution in [2.75, 3.05) is 28.7 Å². The van der Waals surface area contributed by atoms with Crippen molar-refractivity contribution >= 4 is 84.9 Å². The molecule has 0 aliphatic heterocycles. The van der Waals surface area contributed by atoms with Gasteiger partial charge in [0.15, 0.2) is 57.3 Å². The van der Waals surface area contributed by atoms with Gasteiger partial charge in [-0.15, -0.1) is 0 Å². The van der Waals surface area contributed by atoms with Crippen molar-refractivity contribution in [1.29, 1.82) is 0 Å². The van der Waals surface area contributed by atoms with E-state index in [4.69, 9.17) is 28.7 Å². The lowest BCUT2D eigenvalue weighted by atomic mass is 9.82. The molecule has 670 valence electrons. The Morgan fingerprint density at radius 2 is 0.531 bits per heavy atom. The van der Waals surface area contributed by atoms with Gasteiger partial charge in [-0.2, -0.15) is 0 Å². The second-order valence-corrected chi connectivity index (χ2v) is 32.7. The second kappa shape index (κ2) is 41.4. The average Bonchev–Trinajstić information content (AvgIpc) is 1.66. The van der Waals surface area contributed by atoms with Crippen LogP contribution in [0.25, 0.3) is 55.8 Å². The Kier molecular flexibility index (Phi) is 28.4. The van der Waals surface area contributed by atoms with Gasteiger partial charge in [0.2, 0.25) is 0 Å². The number of H-pyrrole nitrogens is 5. The number of hydrogen-bond donors (Lipinski definition) is 10. The van der Waals surface area contributed by atoms with E-state index >= 15 is 0 Å². The van der Waals surface area contributed by atoms with Crippen molar-refractivity contribution in [3.8, 4) is 0 Å². The lowest BCUT2D eigenvalue weighted by Crippen LogP contribution is -2.18. The highest BCUT2D eigenvalue weighted by molar-refractivity contribution is 5.84. The number of nitrogen functional groups attached to an aromatic ring is 5. The van der Waals surface area contributed by atoms with E-state index in [0.29, 0.717) is 127 Å². The van der Waals surface area contributed by atoms with Crippen molar-refractivity contribution in [3.63, 3.8) is 0 Å². The molecule has 0 bridgehead atoms. The van der Waals surface area contributed by atoms with Gasteiger partial charge in [-0.25, -0.2) is 73.8 Å². The van der Waals surface area contributed by atoms with Crippen LogP contribution in [0.2, 0.25) is 0 Å². The molecular weight excluding hydrogens is 1650 g/mol. The number of imidazole rings is 5. The summed E-state index contributed by atoms with van der Waals surface area (Å²) in [5.41, 5.74) is 43.6. The van der Waals surface area contributed by atoms with Crippen LogP contribution in [0.4, 0.5) is 29.1 Å². The van der Waals surface area contributed by atoms with Crippen LogP contribution in [0.1, 0.15) is 188 Å². The first-order chi connectivity index (χ1) is 63.0. The molecule has 0 amide bonds. The summed E-state index contributed by atoms with van der Waals surface area (Å²) < 4.78 is 7.52. The van der Waals surface area contributed by atoms with Crippen molar-refractivity contribution in [1.82, 2.24) is 147 Å². The van der Waals surface area contributed by atoms with Crippen LogP contribution < -0.4 is 57.1 Å². The van der Waals surface area contributed by atoms with Gasteiger partial charge in [0.25, 0.3) is 0 Å². The predicted molar refractivity (Wildman–Crippen MR) is 494 cm³/mol. The maximum Gasteiger partial charge on any atom is 0.328 e. The molecule has 17 aromatic rings. The molecule has 130 heavy (non-hydrogen) atoms. The fourth-order valence-corrected chi connectivity index (χ4v) is 15.2. The van der Waals surface area contributed by atoms with Gasteiger partial charge in [-0.3, -0.25) is 72.7 Å². The van der Waals surface area contributed by atoms with E-state index in [1.807, 2.05) is 18.3 Å². The van der Waals surface area contributed by atoms with Gasteiger partial charge in [0.1, 0.15) is 56.7 Å². The first-order valence-corrected chi connectivity index (χ1v) is 43.7. The summed E-state index contributed by atoms with van der Waals surface area (Å²) in [6.45, 7) is 12.3. The lowest BCUT2D eigenvalue weighted by Gasteiger charge is -2.24. The van der Waals surface area contributed by atoms with Crippen LogP contribution in [0.15, 0.2) is 147 Å². The summed E-state index contributed by atoms with van der Waals surface area (Å²) >= 11 is 0. The quantitative estimate of drug-likeness (QED) is 0.0196. The molecule has 15 heterocycles. The molecule has 2 aliphatic rings. The molecule has 40 nitrogen and oxygen atoms in total. The molecule has 0 radical (unpaired) electrons. The third-order valence-electron chi connectivity index (χ3n) is 22.5. The fraction of sp³-hybridized carbons (Fsp3) is 0.367. The summed E-state index contributed by atoms with van der Waals surface area (Å²) in [6, 6.07) is 20.8. The van der Waals surface area contributed by atoms with Gasteiger partial charge < -0.3 is 53.6 Å². The van der Waals surface area contributed by atoms with Crippen molar-refractivity contribution < 1.29 is 0 Å². The Labute approximate surface area is 744 Å². The minimum Gasteiger partial charge on any atom is -0.382 e. The van der Waals surface area contributed by atoms with Crippen LogP contribution in [0, 0.1) is 46.5 Å². The minimum absolute atomic E-state index is 0.262. The second-order valence-electron chi connectivity index (χ2n) is 32.7. The molecule has 19 rings (SSSR count). The van der Waals surface area contributed by atoms with E-state index in [0.717, 1.165) is 111 Å². The molecular formula is C90H105N35O5. The van der Waals surface area contributed by atoms with Crippen LogP contribution in [-0.2, 0) is 77.7 Å². The highest BCUT2D eigenvalue weighted by Crippen LogP contribution is 2.34. The third-order valence-corrected chi connectivity index (χ3v) is 22.5. The van der Waals surface area contributed by atoms with E-state index < -0.39 is 0 Å². The standard InChI is InChI=1S/2C20H21N7O.C18H23N7O.C16H19N7O.C16H21N7O/c2*1-13-24-18(21)17-19(25-13)27(20(28)26-17)12-16-11-22-15(10-23-16)9-5-8-14-6-3-2-4-7-14;1-11-22-16(19)15-17(23-11)25(18(26)24-15)10-14-9-20-13(8-21-14)7-3-6-12-4-2-5-12;1-9-20-14(17)13-15(21-9)23(16(24)22-13)8-12-7-18-11(6-19-12)5-4-10-2-3-10;1-3-4-5-6-11-7-19-12(8-18-11)9-23-15-13(22-16(23)24)14(17)20-10(2)21-15/h2*2-4,6-7,10-11H,5,8-9,12H2,1H3,(H,26,28)(H2,21,24,25);8-9,12H,2-7,10H2,1H3,(H,24,26)(H2,19,22,23);6-7,10H,2-5,8H2,1H3,(H,22,24)(H2,17,20,21);7-8H,3-6,9H2,1-2H3,(H,22,24)(H2,17,20,21). The Balaban J connectivity index is 0.000000125. The smallest absolute Gasteiger partial charge is 0.328 e. The van der Waals surface area contributed by atoms with E-state index in [2.05, 4.69) is 180 Å². The molecule has 40 heteroatoms. The summed E-state index contributed by atoms with van der Waals surface area (Å²) in [4.78, 5) is 161. The maximum atomic E-state index is 12.3. The zero-order valence-electron chi connectivity index (χ0n) is 73.5. The number of hydrogen-bond acceptors (Lipinski definition) is 30. The third kappa shape index (κ3) is 22.9. The number of aryl methyl sites for hydroxylation is 12. The Hall–Kier alpha value is -15.4. The number of rotatable bonds is 29. The van der Waals surface area contributed by atoms with Gasteiger partial charge in [-0.1, -0.05) is 119 Å². The van der Waals surface area contributed by atoms with E-state index in [1.54, 1.807) is 90.4 Å². The van der Waals surface area contributed by atoms with Crippen LogP contribution in [-0.4, -0.2) is 147 Å². The summed E-state index contributed by atoms with van der Waals surface area (Å²) in [6.07, 6.45) is 40.1. The van der Waals surface area contributed by atoms with E-state index in [1.165, 1.54) is 91.7 Å². The maximum absolute atomic E-state index is 12.3. The van der Waals surface area contributed by atoms with Gasteiger partial charge >= 0.3 is 28.4 Å². The molecule has 15 aromatic heterocycles. The molecule has 0 saturated heterocycles. The summed E-state index contributed by atoms with van der Waals surface area (Å²) in [5, 5.41) is 0. The monoisotopic (exact) mass is 1760 g/mol. The Morgan fingerprint density at radius 3 is 0.777 bits per heavy atom. The number of anilines is 5. The lowest BCUT2D eigenvalue weighted by molar-refractivity contribution is 0.289. The zero-order chi connectivity index (χ0) is 90.9. The number of nitrogens with one attached hydrogen (secondary N) is 5. The van der Waals surface area contributed by atoms with E-state index in [-0.39, 0.29) is 77.2 Å². The number of aromatic amines is 5. The van der Waals surface area contributed by atoms with E-state index in [9.17, 15) is 24.0 Å². The Morgan fingerprint density at radius 1 is 0.285 bits per heavy atom. The van der Waals surface area contributed by atoms with Crippen LogP contribution in [0.3, 0.4) is 0 Å². The SMILES string of the molecule is CCCCCc1cnc(Cn2c(=O)[nH]c3c(N)nc(C)nc32)cn1.Cc1nc(N)c2[nH]c(=O)n(Cc3cnc(CCC4CC4)cn3)c2n1.Cc1nc(N)c2[nH]c(=O)n(Cc3cnc(CCCC4CCC4)cn3)c2n1.Cc1nc(N)c2[nH]c(=O)n(Cc3cnc(CCCc4ccccc4)cn3)c2n1.Cc1nc(N)c2[nH]c(=O)n(Cc3cnc(CCCc4ccccc4)cn3)c2n1. The number of benzene rings is 2. The highest BCUT2D eigenvalue weighted by atomic mass is 16.2. The average molecular weight is 1760 g/mol. The number of nitrogens with zero attached hydrogens (tertiary/aromatic N) is 25. The first kappa shape index (κ1) is 89.4. The van der Waals surface area contributed by atoms with Crippen LogP contribution in [0.5, 0.6) is 0 Å². The van der Waals surface area contributed by atoms with Crippen LogP contribution >= 0.6 is 0 Å². The molecule has 0 spiro atoms. The van der Waals surface area contributed by atoms with Gasteiger partial charge in [0, 0.05) is 31.0 Å². The number of unbranched alkanes of at least 4 members (excludes halogenated alkanes) is 2.